The van der Waals surface area contributed by atoms with Crippen molar-refractivity contribution in [1.29, 1.82) is 0 Å². The van der Waals surface area contributed by atoms with E-state index in [1.54, 1.807) is 24.5 Å². The van der Waals surface area contributed by atoms with Gasteiger partial charge in [-0.05, 0) is 25.1 Å². The maximum Gasteiger partial charge on any atom is 0.148 e. The van der Waals surface area contributed by atoms with Gasteiger partial charge in [-0.15, -0.1) is 0 Å². The van der Waals surface area contributed by atoms with Gasteiger partial charge in [-0.3, -0.25) is 9.97 Å². The van der Waals surface area contributed by atoms with Crippen molar-refractivity contribution < 1.29 is 4.39 Å². The molecule has 5 heteroatoms. The fraction of sp³-hybridized carbons (Fsp3) is 0.167. The Morgan fingerprint density at radius 3 is 2.76 bits per heavy atom. The third-order valence-electron chi connectivity index (χ3n) is 2.29. The number of anilines is 2. The molecule has 2 aromatic rings. The molecular formula is C12H13FN4. The van der Waals surface area contributed by atoms with Crippen molar-refractivity contribution in [2.45, 2.75) is 13.5 Å². The van der Waals surface area contributed by atoms with Crippen LogP contribution in [0, 0.1) is 12.7 Å². The molecule has 0 fully saturated rings. The Balaban J connectivity index is 2.04. The molecule has 0 aliphatic heterocycles. The van der Waals surface area contributed by atoms with Gasteiger partial charge < -0.3 is 11.1 Å². The molecule has 0 aliphatic rings. The molecule has 1 heterocycles. The third kappa shape index (κ3) is 2.90. The van der Waals surface area contributed by atoms with Crippen molar-refractivity contribution in [1.82, 2.24) is 9.97 Å². The van der Waals surface area contributed by atoms with E-state index in [0.717, 1.165) is 11.4 Å². The monoisotopic (exact) mass is 232 g/mol. The molecule has 0 amide bonds. The first-order valence-electron chi connectivity index (χ1n) is 5.21. The summed E-state index contributed by atoms with van der Waals surface area (Å²) < 4.78 is 13.4. The van der Waals surface area contributed by atoms with Gasteiger partial charge in [-0.1, -0.05) is 0 Å². The summed E-state index contributed by atoms with van der Waals surface area (Å²) in [6, 6.07) is 4.53. The summed E-state index contributed by atoms with van der Waals surface area (Å²) in [5.74, 6) is -0.370. The lowest BCUT2D eigenvalue weighted by Crippen LogP contribution is -2.04. The van der Waals surface area contributed by atoms with Crippen molar-refractivity contribution in [3.63, 3.8) is 0 Å². The van der Waals surface area contributed by atoms with E-state index in [1.807, 2.05) is 6.92 Å². The zero-order valence-corrected chi connectivity index (χ0v) is 9.44. The molecule has 0 spiro atoms. The van der Waals surface area contributed by atoms with Gasteiger partial charge in [-0.25, -0.2) is 4.39 Å². The first kappa shape index (κ1) is 11.3. The topological polar surface area (TPSA) is 63.8 Å². The number of halogens is 1. The van der Waals surface area contributed by atoms with Gasteiger partial charge in [0.2, 0.25) is 0 Å². The van der Waals surface area contributed by atoms with Gasteiger partial charge in [-0.2, -0.15) is 0 Å². The van der Waals surface area contributed by atoms with E-state index in [9.17, 15) is 4.39 Å². The lowest BCUT2D eigenvalue weighted by atomic mass is 10.2. The second-order valence-corrected chi connectivity index (χ2v) is 3.74. The molecule has 1 aromatic carbocycles. The number of rotatable bonds is 3. The van der Waals surface area contributed by atoms with Crippen LogP contribution in [0.3, 0.4) is 0 Å². The van der Waals surface area contributed by atoms with Gasteiger partial charge in [0.15, 0.2) is 0 Å². The van der Waals surface area contributed by atoms with Crippen LogP contribution in [0.5, 0.6) is 0 Å². The summed E-state index contributed by atoms with van der Waals surface area (Å²) >= 11 is 0. The number of hydrogen-bond acceptors (Lipinski definition) is 4. The molecular weight excluding hydrogens is 219 g/mol. The normalized spacial score (nSPS) is 10.2. The summed E-state index contributed by atoms with van der Waals surface area (Å²) in [7, 11) is 0. The zero-order chi connectivity index (χ0) is 12.3. The number of nitrogens with one attached hydrogen (secondary N) is 1. The maximum atomic E-state index is 13.4. The minimum Gasteiger partial charge on any atom is -0.399 e. The second-order valence-electron chi connectivity index (χ2n) is 3.74. The Morgan fingerprint density at radius 1 is 1.29 bits per heavy atom. The number of hydrogen-bond donors (Lipinski definition) is 2. The van der Waals surface area contributed by atoms with Gasteiger partial charge in [0.1, 0.15) is 5.82 Å². The fourth-order valence-electron chi connectivity index (χ4n) is 1.37. The Kier molecular flexibility index (Phi) is 3.18. The van der Waals surface area contributed by atoms with Crippen LogP contribution in [0.25, 0.3) is 0 Å². The number of nitrogens with two attached hydrogens (primary N) is 1. The van der Waals surface area contributed by atoms with Crippen LogP contribution in [0.15, 0.2) is 30.6 Å². The first-order chi connectivity index (χ1) is 8.15. The molecule has 88 valence electrons. The van der Waals surface area contributed by atoms with E-state index in [4.69, 9.17) is 5.73 Å². The van der Waals surface area contributed by atoms with Gasteiger partial charge in [0, 0.05) is 11.9 Å². The Bertz CT molecular complexity index is 510. The summed E-state index contributed by atoms with van der Waals surface area (Å²) in [5.41, 5.74) is 7.88. The molecule has 3 N–H and O–H groups in total. The lowest BCUT2D eigenvalue weighted by molar-refractivity contribution is 0.630. The number of nitrogen functional groups attached to an aromatic ring is 1. The summed E-state index contributed by atoms with van der Waals surface area (Å²) in [5, 5.41) is 2.94. The average molecular weight is 232 g/mol. The smallest absolute Gasteiger partial charge is 0.148 e. The van der Waals surface area contributed by atoms with Crippen LogP contribution in [-0.4, -0.2) is 9.97 Å². The average Bonchev–Trinajstić information content (AvgIpc) is 2.30. The molecule has 1 aromatic heterocycles. The minimum absolute atomic E-state index is 0.370. The highest BCUT2D eigenvalue weighted by Gasteiger charge is 2.02. The summed E-state index contributed by atoms with van der Waals surface area (Å²) in [6.07, 6.45) is 3.34. The fourth-order valence-corrected chi connectivity index (χ4v) is 1.37. The Hall–Kier alpha value is -2.17. The largest absolute Gasteiger partial charge is 0.399 e. The number of nitrogens with zero attached hydrogens (tertiary/aromatic N) is 2. The third-order valence-corrected chi connectivity index (χ3v) is 2.29. The molecule has 0 aliphatic carbocycles. The molecule has 4 nitrogen and oxygen atoms in total. The number of aromatic nitrogens is 2. The van der Waals surface area contributed by atoms with Crippen molar-refractivity contribution in [3.8, 4) is 0 Å². The van der Waals surface area contributed by atoms with Crippen LogP contribution in [0.2, 0.25) is 0 Å². The summed E-state index contributed by atoms with van der Waals surface area (Å²) in [4.78, 5) is 8.28. The van der Waals surface area contributed by atoms with E-state index in [0.29, 0.717) is 17.9 Å². The molecule has 0 saturated carbocycles. The van der Waals surface area contributed by atoms with Gasteiger partial charge in [0.25, 0.3) is 0 Å². The van der Waals surface area contributed by atoms with Crippen LogP contribution in [-0.2, 0) is 6.54 Å². The van der Waals surface area contributed by atoms with Crippen molar-refractivity contribution in [3.05, 3.63) is 47.8 Å². The van der Waals surface area contributed by atoms with E-state index in [2.05, 4.69) is 15.3 Å². The zero-order valence-electron chi connectivity index (χ0n) is 9.44. The molecule has 0 saturated heterocycles. The predicted octanol–water partition coefficient (Wildman–Crippen LogP) is 2.12. The van der Waals surface area contributed by atoms with Crippen molar-refractivity contribution >= 4 is 11.4 Å². The van der Waals surface area contributed by atoms with Crippen LogP contribution in [0.4, 0.5) is 15.8 Å². The minimum atomic E-state index is -0.370. The molecule has 17 heavy (non-hydrogen) atoms. The molecule has 0 atom stereocenters. The highest BCUT2D eigenvalue weighted by Crippen LogP contribution is 2.17. The van der Waals surface area contributed by atoms with E-state index in [1.165, 1.54) is 6.07 Å². The predicted molar refractivity (Wildman–Crippen MR) is 64.9 cm³/mol. The number of aryl methyl sites for hydroxylation is 1. The maximum absolute atomic E-state index is 13.4. The highest BCUT2D eigenvalue weighted by molar-refractivity contribution is 5.52. The van der Waals surface area contributed by atoms with Crippen LogP contribution in [0.1, 0.15) is 11.4 Å². The SMILES string of the molecule is Cc1cnc(CNc2ccc(N)cc2F)cn1. The first-order valence-corrected chi connectivity index (χ1v) is 5.21. The molecule has 0 bridgehead atoms. The summed E-state index contributed by atoms with van der Waals surface area (Å²) in [6.45, 7) is 2.29. The second kappa shape index (κ2) is 4.78. The molecule has 2 rings (SSSR count). The van der Waals surface area contributed by atoms with E-state index < -0.39 is 0 Å². The quantitative estimate of drug-likeness (QED) is 0.795. The van der Waals surface area contributed by atoms with Crippen molar-refractivity contribution in [2.24, 2.45) is 0 Å². The standard InChI is InChI=1S/C12H13FN4/c1-8-5-16-10(6-15-8)7-17-12-3-2-9(14)4-11(12)13/h2-6,17H,7,14H2,1H3. The van der Waals surface area contributed by atoms with Crippen molar-refractivity contribution in [2.75, 3.05) is 11.1 Å². The Morgan fingerprint density at radius 2 is 2.12 bits per heavy atom. The van der Waals surface area contributed by atoms with E-state index in [-0.39, 0.29) is 5.82 Å². The van der Waals surface area contributed by atoms with E-state index >= 15 is 0 Å². The lowest BCUT2D eigenvalue weighted by Gasteiger charge is -2.07. The molecule has 0 radical (unpaired) electrons. The molecule has 0 unspecified atom stereocenters. The Labute approximate surface area is 98.7 Å². The van der Waals surface area contributed by atoms with Gasteiger partial charge >= 0.3 is 0 Å². The highest BCUT2D eigenvalue weighted by atomic mass is 19.1. The van der Waals surface area contributed by atoms with Crippen LogP contribution >= 0.6 is 0 Å². The number of benzene rings is 1. The van der Waals surface area contributed by atoms with Gasteiger partial charge in [0.05, 0.1) is 29.8 Å². The van der Waals surface area contributed by atoms with Crippen LogP contribution < -0.4 is 11.1 Å².